The zero-order chi connectivity index (χ0) is 13.7. The molecule has 0 saturated carbocycles. The minimum Gasteiger partial charge on any atom is -0.387 e. The lowest BCUT2D eigenvalue weighted by Crippen LogP contribution is -2.12. The fourth-order valence-corrected chi connectivity index (χ4v) is 1.74. The zero-order valence-corrected chi connectivity index (χ0v) is 10.3. The summed E-state index contributed by atoms with van der Waals surface area (Å²) in [6.45, 7) is 0.333. The van der Waals surface area contributed by atoms with E-state index in [1.807, 2.05) is 24.3 Å². The van der Waals surface area contributed by atoms with Gasteiger partial charge in [0, 0.05) is 17.8 Å². The first-order valence-electron chi connectivity index (χ1n) is 5.93. The van der Waals surface area contributed by atoms with Gasteiger partial charge in [-0.3, -0.25) is 0 Å². The Bertz CT molecular complexity index is 586. The van der Waals surface area contributed by atoms with Crippen molar-refractivity contribution in [3.05, 3.63) is 65.5 Å². The molecule has 2 aromatic rings. The highest BCUT2D eigenvalue weighted by Gasteiger charge is 2.07. The van der Waals surface area contributed by atoms with Gasteiger partial charge in [-0.2, -0.15) is 0 Å². The van der Waals surface area contributed by atoms with Crippen molar-refractivity contribution < 1.29 is 9.50 Å². The van der Waals surface area contributed by atoms with Crippen LogP contribution in [-0.4, -0.2) is 11.7 Å². The Morgan fingerprint density at radius 2 is 1.95 bits per heavy atom. The van der Waals surface area contributed by atoms with Crippen molar-refractivity contribution >= 4 is 5.69 Å². The molecule has 0 radical (unpaired) electrons. The highest BCUT2D eigenvalue weighted by atomic mass is 19.1. The number of anilines is 1. The maximum absolute atomic E-state index is 12.8. The van der Waals surface area contributed by atoms with Gasteiger partial charge in [-0.25, -0.2) is 4.39 Å². The van der Waals surface area contributed by atoms with Gasteiger partial charge in [0.05, 0.1) is 6.10 Å². The van der Waals surface area contributed by atoms with E-state index < -0.39 is 6.10 Å². The van der Waals surface area contributed by atoms with Gasteiger partial charge in [-0.1, -0.05) is 24.1 Å². The average molecular weight is 255 g/mol. The summed E-state index contributed by atoms with van der Waals surface area (Å²) in [6, 6.07) is 13.2. The molecule has 1 atom stereocenters. The SMILES string of the molecule is C#Cc1cccc(NCC(O)c2ccc(F)cc2)c1. The third kappa shape index (κ3) is 3.57. The number of hydrogen-bond donors (Lipinski definition) is 2. The van der Waals surface area contributed by atoms with Crippen LogP contribution in [0.3, 0.4) is 0 Å². The van der Waals surface area contributed by atoms with Gasteiger partial charge in [0.1, 0.15) is 5.82 Å². The molecule has 1 unspecified atom stereocenters. The van der Waals surface area contributed by atoms with Crippen LogP contribution in [0.15, 0.2) is 48.5 Å². The molecule has 0 aliphatic rings. The molecular weight excluding hydrogens is 241 g/mol. The Morgan fingerprint density at radius 1 is 1.21 bits per heavy atom. The third-order valence-corrected chi connectivity index (χ3v) is 2.78. The summed E-state index contributed by atoms with van der Waals surface area (Å²) >= 11 is 0. The Kier molecular flexibility index (Phi) is 4.17. The second kappa shape index (κ2) is 6.03. The minimum absolute atomic E-state index is 0.314. The molecule has 2 rings (SSSR count). The number of halogens is 1. The maximum Gasteiger partial charge on any atom is 0.123 e. The van der Waals surface area contributed by atoms with Crippen LogP contribution >= 0.6 is 0 Å². The van der Waals surface area contributed by atoms with E-state index >= 15 is 0 Å². The quantitative estimate of drug-likeness (QED) is 0.823. The highest BCUT2D eigenvalue weighted by Crippen LogP contribution is 2.16. The van der Waals surface area contributed by atoms with E-state index in [-0.39, 0.29) is 5.82 Å². The fourth-order valence-electron chi connectivity index (χ4n) is 1.74. The van der Waals surface area contributed by atoms with Gasteiger partial charge in [0.2, 0.25) is 0 Å². The number of benzene rings is 2. The molecule has 0 saturated heterocycles. The van der Waals surface area contributed by atoms with Crippen LogP contribution in [0.4, 0.5) is 10.1 Å². The van der Waals surface area contributed by atoms with Gasteiger partial charge in [-0.05, 0) is 35.9 Å². The van der Waals surface area contributed by atoms with Crippen LogP contribution in [0.2, 0.25) is 0 Å². The van der Waals surface area contributed by atoms with E-state index in [2.05, 4.69) is 11.2 Å². The van der Waals surface area contributed by atoms with Gasteiger partial charge in [-0.15, -0.1) is 6.42 Å². The van der Waals surface area contributed by atoms with E-state index in [1.54, 1.807) is 12.1 Å². The number of terminal acetylenes is 1. The number of nitrogens with one attached hydrogen (secondary N) is 1. The fraction of sp³-hybridized carbons (Fsp3) is 0.125. The van der Waals surface area contributed by atoms with Crippen LogP contribution in [-0.2, 0) is 0 Å². The Labute approximate surface area is 111 Å². The van der Waals surface area contributed by atoms with Crippen molar-refractivity contribution in [2.45, 2.75) is 6.10 Å². The highest BCUT2D eigenvalue weighted by molar-refractivity contribution is 5.50. The summed E-state index contributed by atoms with van der Waals surface area (Å²) in [6.07, 6.45) is 4.62. The largest absolute Gasteiger partial charge is 0.387 e. The molecule has 2 nitrogen and oxygen atoms in total. The van der Waals surface area contributed by atoms with Gasteiger partial charge in [0.25, 0.3) is 0 Å². The third-order valence-electron chi connectivity index (χ3n) is 2.78. The summed E-state index contributed by atoms with van der Waals surface area (Å²) in [5.74, 6) is 2.23. The lowest BCUT2D eigenvalue weighted by molar-refractivity contribution is 0.191. The zero-order valence-electron chi connectivity index (χ0n) is 10.3. The van der Waals surface area contributed by atoms with Crippen molar-refractivity contribution in [1.29, 1.82) is 0 Å². The Balaban J connectivity index is 1.98. The molecule has 0 aliphatic carbocycles. The van der Waals surface area contributed by atoms with E-state index in [0.717, 1.165) is 11.3 Å². The molecule has 3 heteroatoms. The maximum atomic E-state index is 12.8. The Hall–Kier alpha value is -2.31. The summed E-state index contributed by atoms with van der Waals surface area (Å²) in [5, 5.41) is 13.1. The lowest BCUT2D eigenvalue weighted by atomic mass is 10.1. The van der Waals surface area contributed by atoms with Crippen molar-refractivity contribution in [3.8, 4) is 12.3 Å². The lowest BCUT2D eigenvalue weighted by Gasteiger charge is -2.13. The molecule has 0 aromatic heterocycles. The first-order valence-corrected chi connectivity index (χ1v) is 5.93. The second-order valence-corrected chi connectivity index (χ2v) is 4.17. The van der Waals surface area contributed by atoms with Crippen LogP contribution in [0.5, 0.6) is 0 Å². The molecule has 2 aromatic carbocycles. The Morgan fingerprint density at radius 3 is 2.63 bits per heavy atom. The average Bonchev–Trinajstić information content (AvgIpc) is 2.46. The standard InChI is InChI=1S/C16H14FNO/c1-2-12-4-3-5-15(10-12)18-11-16(19)13-6-8-14(17)9-7-13/h1,3-10,16,18-19H,11H2. The summed E-state index contributed by atoms with van der Waals surface area (Å²) < 4.78 is 12.8. The van der Waals surface area contributed by atoms with E-state index in [4.69, 9.17) is 6.42 Å². The topological polar surface area (TPSA) is 32.3 Å². The minimum atomic E-state index is -0.699. The molecule has 2 N–H and O–H groups in total. The van der Waals surface area contributed by atoms with Gasteiger partial charge in [0.15, 0.2) is 0 Å². The normalized spacial score (nSPS) is 11.6. The van der Waals surface area contributed by atoms with E-state index in [0.29, 0.717) is 12.1 Å². The monoisotopic (exact) mass is 255 g/mol. The smallest absolute Gasteiger partial charge is 0.123 e. The van der Waals surface area contributed by atoms with Crippen LogP contribution in [0.1, 0.15) is 17.2 Å². The van der Waals surface area contributed by atoms with E-state index in [9.17, 15) is 9.50 Å². The summed E-state index contributed by atoms with van der Waals surface area (Å²) in [4.78, 5) is 0. The first-order chi connectivity index (χ1) is 9.19. The molecule has 0 fully saturated rings. The van der Waals surface area contributed by atoms with Crippen LogP contribution in [0, 0.1) is 18.2 Å². The van der Waals surface area contributed by atoms with E-state index in [1.165, 1.54) is 12.1 Å². The molecule has 19 heavy (non-hydrogen) atoms. The number of aliphatic hydroxyl groups is 1. The van der Waals surface area contributed by atoms with Crippen LogP contribution in [0.25, 0.3) is 0 Å². The molecule has 96 valence electrons. The molecule has 0 heterocycles. The molecule has 0 amide bonds. The number of hydrogen-bond acceptors (Lipinski definition) is 2. The predicted molar refractivity (Wildman–Crippen MR) is 74.2 cm³/mol. The van der Waals surface area contributed by atoms with Gasteiger partial charge >= 0.3 is 0 Å². The predicted octanol–water partition coefficient (Wildman–Crippen LogP) is 2.95. The van der Waals surface area contributed by atoms with Gasteiger partial charge < -0.3 is 10.4 Å². The number of aliphatic hydroxyl groups excluding tert-OH is 1. The molecular formula is C16H14FNO. The van der Waals surface area contributed by atoms with Crippen molar-refractivity contribution in [3.63, 3.8) is 0 Å². The second-order valence-electron chi connectivity index (χ2n) is 4.17. The van der Waals surface area contributed by atoms with Crippen molar-refractivity contribution in [2.24, 2.45) is 0 Å². The van der Waals surface area contributed by atoms with Crippen molar-refractivity contribution in [1.82, 2.24) is 0 Å². The molecule has 0 aliphatic heterocycles. The first kappa shape index (κ1) is 13.1. The molecule has 0 bridgehead atoms. The summed E-state index contributed by atoms with van der Waals surface area (Å²) in [7, 11) is 0. The molecule has 0 spiro atoms. The summed E-state index contributed by atoms with van der Waals surface area (Å²) in [5.41, 5.74) is 2.29. The number of rotatable bonds is 4. The van der Waals surface area contributed by atoms with Crippen molar-refractivity contribution in [2.75, 3.05) is 11.9 Å². The van der Waals surface area contributed by atoms with Crippen LogP contribution < -0.4 is 5.32 Å².